The van der Waals surface area contributed by atoms with Crippen molar-refractivity contribution in [3.8, 4) is 0 Å². The highest BCUT2D eigenvalue weighted by Crippen LogP contribution is 2.15. The summed E-state index contributed by atoms with van der Waals surface area (Å²) >= 11 is 0. The predicted molar refractivity (Wildman–Crippen MR) is 78.1 cm³/mol. The van der Waals surface area contributed by atoms with Crippen molar-refractivity contribution in [1.29, 1.82) is 0 Å². The lowest BCUT2D eigenvalue weighted by molar-refractivity contribution is 0.129. The van der Waals surface area contributed by atoms with Crippen LogP contribution in [0.5, 0.6) is 0 Å². The summed E-state index contributed by atoms with van der Waals surface area (Å²) in [5.74, 6) is -0.247. The molecule has 0 heterocycles. The first kappa shape index (κ1) is 17.0. The van der Waals surface area contributed by atoms with Gasteiger partial charge in [0.1, 0.15) is 5.82 Å². The SMILES string of the molecule is COCCCN(CCOC)CC(N)c1ccccc1F. The molecule has 0 saturated carbocycles. The number of benzene rings is 1. The van der Waals surface area contributed by atoms with Gasteiger partial charge >= 0.3 is 0 Å². The Morgan fingerprint density at radius 3 is 2.50 bits per heavy atom. The maximum Gasteiger partial charge on any atom is 0.128 e. The molecule has 1 aromatic carbocycles. The molecule has 1 atom stereocenters. The zero-order valence-electron chi connectivity index (χ0n) is 12.3. The third-order valence-electron chi connectivity index (χ3n) is 3.19. The van der Waals surface area contributed by atoms with Crippen molar-refractivity contribution in [2.45, 2.75) is 12.5 Å². The van der Waals surface area contributed by atoms with Gasteiger partial charge in [-0.3, -0.25) is 4.90 Å². The van der Waals surface area contributed by atoms with E-state index in [4.69, 9.17) is 15.2 Å². The molecule has 1 unspecified atom stereocenters. The lowest BCUT2D eigenvalue weighted by Crippen LogP contribution is -2.36. The van der Waals surface area contributed by atoms with E-state index < -0.39 is 0 Å². The van der Waals surface area contributed by atoms with Gasteiger partial charge in [-0.2, -0.15) is 0 Å². The number of hydrogen-bond acceptors (Lipinski definition) is 4. The van der Waals surface area contributed by atoms with Gasteiger partial charge in [-0.25, -0.2) is 4.39 Å². The molecule has 1 aromatic rings. The van der Waals surface area contributed by atoms with Crippen LogP contribution in [0.1, 0.15) is 18.0 Å². The average Bonchev–Trinajstić information content (AvgIpc) is 2.45. The standard InChI is InChI=1S/C15H25FN2O2/c1-19-10-5-8-18(9-11-20-2)12-15(17)13-6-3-4-7-14(13)16/h3-4,6-7,15H,5,8-12,17H2,1-2H3. The summed E-state index contributed by atoms with van der Waals surface area (Å²) in [6, 6.07) is 6.33. The molecule has 4 nitrogen and oxygen atoms in total. The van der Waals surface area contributed by atoms with Crippen molar-refractivity contribution in [1.82, 2.24) is 4.90 Å². The van der Waals surface area contributed by atoms with E-state index in [0.717, 1.165) is 19.5 Å². The molecule has 0 saturated heterocycles. The Bertz CT molecular complexity index is 377. The highest BCUT2D eigenvalue weighted by atomic mass is 19.1. The maximum absolute atomic E-state index is 13.7. The Hall–Kier alpha value is -1.01. The van der Waals surface area contributed by atoms with Gasteiger partial charge in [0.25, 0.3) is 0 Å². The fourth-order valence-corrected chi connectivity index (χ4v) is 2.10. The summed E-state index contributed by atoms with van der Waals surface area (Å²) in [5.41, 5.74) is 6.68. The van der Waals surface area contributed by atoms with Crippen LogP contribution in [0, 0.1) is 5.82 Å². The molecule has 1 rings (SSSR count). The summed E-state index contributed by atoms with van der Waals surface area (Å²) in [4.78, 5) is 2.18. The van der Waals surface area contributed by atoms with Gasteiger partial charge in [-0.05, 0) is 12.5 Å². The Morgan fingerprint density at radius 2 is 1.85 bits per heavy atom. The van der Waals surface area contributed by atoms with Crippen molar-refractivity contribution in [2.75, 3.05) is 47.1 Å². The summed E-state index contributed by atoms with van der Waals surface area (Å²) < 4.78 is 23.9. The molecule has 0 spiro atoms. The van der Waals surface area contributed by atoms with Crippen LogP contribution >= 0.6 is 0 Å². The first-order chi connectivity index (χ1) is 9.69. The summed E-state index contributed by atoms with van der Waals surface area (Å²) in [6.45, 7) is 3.59. The minimum Gasteiger partial charge on any atom is -0.385 e. The molecule has 0 aromatic heterocycles. The van der Waals surface area contributed by atoms with Crippen molar-refractivity contribution >= 4 is 0 Å². The summed E-state index contributed by atoms with van der Waals surface area (Å²) in [5, 5.41) is 0. The first-order valence-corrected chi connectivity index (χ1v) is 6.89. The van der Waals surface area contributed by atoms with Crippen LogP contribution in [0.25, 0.3) is 0 Å². The molecule has 5 heteroatoms. The Labute approximate surface area is 120 Å². The monoisotopic (exact) mass is 284 g/mol. The van der Waals surface area contributed by atoms with E-state index in [1.54, 1.807) is 26.4 Å². The lowest BCUT2D eigenvalue weighted by Gasteiger charge is -2.25. The van der Waals surface area contributed by atoms with Gasteiger partial charge in [-0.15, -0.1) is 0 Å². The van der Waals surface area contributed by atoms with E-state index in [9.17, 15) is 4.39 Å². The van der Waals surface area contributed by atoms with Gasteiger partial charge in [0.2, 0.25) is 0 Å². The van der Waals surface area contributed by atoms with Crippen molar-refractivity contribution < 1.29 is 13.9 Å². The zero-order chi connectivity index (χ0) is 14.8. The number of rotatable bonds is 10. The topological polar surface area (TPSA) is 47.7 Å². The van der Waals surface area contributed by atoms with Gasteiger partial charge in [-0.1, -0.05) is 18.2 Å². The van der Waals surface area contributed by atoms with Gasteiger partial charge in [0, 0.05) is 52.1 Å². The van der Waals surface area contributed by atoms with Crippen LogP contribution in [0.15, 0.2) is 24.3 Å². The van der Waals surface area contributed by atoms with Crippen LogP contribution in [0.4, 0.5) is 4.39 Å². The Morgan fingerprint density at radius 1 is 1.15 bits per heavy atom. The molecule has 0 bridgehead atoms. The highest BCUT2D eigenvalue weighted by molar-refractivity contribution is 5.21. The second kappa shape index (κ2) is 9.83. The largest absolute Gasteiger partial charge is 0.385 e. The number of nitrogens with two attached hydrogens (primary N) is 1. The van der Waals surface area contributed by atoms with Crippen LogP contribution in [0.2, 0.25) is 0 Å². The Balaban J connectivity index is 2.56. The van der Waals surface area contributed by atoms with E-state index in [1.165, 1.54) is 6.07 Å². The molecule has 2 N–H and O–H groups in total. The van der Waals surface area contributed by atoms with Crippen molar-refractivity contribution in [3.05, 3.63) is 35.6 Å². The number of nitrogens with zero attached hydrogens (tertiary/aromatic N) is 1. The molecule has 0 aliphatic carbocycles. The van der Waals surface area contributed by atoms with Crippen LogP contribution < -0.4 is 5.73 Å². The normalized spacial score (nSPS) is 12.8. The number of methoxy groups -OCH3 is 2. The van der Waals surface area contributed by atoms with Gasteiger partial charge < -0.3 is 15.2 Å². The second-order valence-corrected chi connectivity index (χ2v) is 4.77. The molecule has 20 heavy (non-hydrogen) atoms. The second-order valence-electron chi connectivity index (χ2n) is 4.77. The van der Waals surface area contributed by atoms with Crippen molar-refractivity contribution in [3.63, 3.8) is 0 Å². The Kier molecular flexibility index (Phi) is 8.37. The molecule has 0 radical (unpaired) electrons. The summed E-state index contributed by atoms with van der Waals surface area (Å²) in [6.07, 6.45) is 0.921. The molecular formula is C15H25FN2O2. The average molecular weight is 284 g/mol. The van der Waals surface area contributed by atoms with E-state index in [2.05, 4.69) is 4.90 Å². The van der Waals surface area contributed by atoms with E-state index >= 15 is 0 Å². The van der Waals surface area contributed by atoms with E-state index in [-0.39, 0.29) is 11.9 Å². The molecule has 0 aliphatic heterocycles. The summed E-state index contributed by atoms with van der Waals surface area (Å²) in [7, 11) is 3.36. The van der Waals surface area contributed by atoms with Crippen LogP contribution in [0.3, 0.4) is 0 Å². The van der Waals surface area contributed by atoms with Crippen molar-refractivity contribution in [2.24, 2.45) is 5.73 Å². The highest BCUT2D eigenvalue weighted by Gasteiger charge is 2.15. The van der Waals surface area contributed by atoms with Crippen LogP contribution in [-0.2, 0) is 9.47 Å². The fraction of sp³-hybridized carbons (Fsp3) is 0.600. The molecular weight excluding hydrogens is 259 g/mol. The molecule has 0 aliphatic rings. The molecule has 114 valence electrons. The van der Waals surface area contributed by atoms with Crippen LogP contribution in [-0.4, -0.2) is 52.0 Å². The number of ether oxygens (including phenoxy) is 2. The minimum absolute atomic E-state index is 0.247. The third kappa shape index (κ3) is 5.96. The third-order valence-corrected chi connectivity index (χ3v) is 3.19. The smallest absolute Gasteiger partial charge is 0.128 e. The van der Waals surface area contributed by atoms with E-state index in [0.29, 0.717) is 25.3 Å². The molecule has 0 amide bonds. The number of hydrogen-bond donors (Lipinski definition) is 1. The first-order valence-electron chi connectivity index (χ1n) is 6.89. The van der Waals surface area contributed by atoms with Gasteiger partial charge in [0.15, 0.2) is 0 Å². The maximum atomic E-state index is 13.7. The number of halogens is 1. The zero-order valence-corrected chi connectivity index (χ0v) is 12.3. The quantitative estimate of drug-likeness (QED) is 0.666. The van der Waals surface area contributed by atoms with Gasteiger partial charge in [0.05, 0.1) is 6.61 Å². The predicted octanol–water partition coefficient (Wildman–Crippen LogP) is 1.81. The lowest BCUT2D eigenvalue weighted by atomic mass is 10.1. The fourth-order valence-electron chi connectivity index (χ4n) is 2.10. The van der Waals surface area contributed by atoms with E-state index in [1.807, 2.05) is 6.07 Å². The molecule has 0 fully saturated rings. The minimum atomic E-state index is -0.337.